The first-order valence-corrected chi connectivity index (χ1v) is 14.3. The number of amides is 1. The Morgan fingerprint density at radius 1 is 1.13 bits per heavy atom. The first kappa shape index (κ1) is 27.2. The van der Waals surface area contributed by atoms with Crippen LogP contribution in [0.15, 0.2) is 65.4 Å². The number of aromatic nitrogens is 1. The van der Waals surface area contributed by atoms with Crippen molar-refractivity contribution in [2.45, 2.75) is 20.8 Å². The second-order valence-corrected chi connectivity index (χ2v) is 11.7. The topological polar surface area (TPSA) is 101 Å². The van der Waals surface area contributed by atoms with Crippen LogP contribution >= 0.6 is 11.3 Å². The number of rotatable bonds is 8. The summed E-state index contributed by atoms with van der Waals surface area (Å²) in [6.45, 7) is 9.75. The van der Waals surface area contributed by atoms with Gasteiger partial charge in [0, 0.05) is 60.4 Å². The van der Waals surface area contributed by atoms with E-state index in [1.165, 1.54) is 15.9 Å². The zero-order chi connectivity index (χ0) is 27.8. The lowest BCUT2D eigenvalue weighted by atomic mass is 10.0. The monoisotopic (exact) mass is 550 g/mol. The smallest absolute Gasteiger partial charge is 0.261 e. The zero-order valence-corrected chi connectivity index (χ0v) is 23.6. The van der Waals surface area contributed by atoms with E-state index in [9.17, 15) is 18.0 Å². The molecule has 38 heavy (non-hydrogen) atoms. The van der Waals surface area contributed by atoms with E-state index in [0.29, 0.717) is 38.3 Å². The number of carbonyl (C=O) groups excluding carboxylic acids is 1. The highest BCUT2D eigenvalue weighted by atomic mass is 32.2. The third-order valence-corrected chi connectivity index (χ3v) is 8.44. The number of pyridine rings is 1. The highest BCUT2D eigenvalue weighted by Crippen LogP contribution is 2.42. The summed E-state index contributed by atoms with van der Waals surface area (Å²) < 4.78 is 29.2. The van der Waals surface area contributed by atoms with E-state index < -0.39 is 10.0 Å². The maximum absolute atomic E-state index is 13.1. The van der Waals surface area contributed by atoms with Crippen molar-refractivity contribution in [2.75, 3.05) is 23.2 Å². The Bertz CT molecular complexity index is 1720. The molecule has 0 bridgehead atoms. The molecule has 8 nitrogen and oxygen atoms in total. The predicted octanol–water partition coefficient (Wildman–Crippen LogP) is 5.29. The first-order valence-electron chi connectivity index (χ1n) is 12.0. The van der Waals surface area contributed by atoms with E-state index in [1.807, 2.05) is 52.1 Å². The number of nitrogens with zero attached hydrogens (tertiary/aromatic N) is 2. The number of fused-ring (bicyclic) bond motifs is 1. The minimum Gasteiger partial charge on any atom is -0.352 e. The van der Waals surface area contributed by atoms with Crippen molar-refractivity contribution in [3.05, 3.63) is 87.0 Å². The van der Waals surface area contributed by atoms with Crippen LogP contribution in [0, 0.1) is 13.8 Å². The summed E-state index contributed by atoms with van der Waals surface area (Å²) in [5, 5.41) is 4.07. The standard InChI is InChI=1S/C28H30N4O4S2/c1-7-29-27(33)24-15-21-26(37-24)22(16-31(5)28(21)34)20-14-19(30-38(35,36)8-2)12-13-23(20)32(6)25-17(3)10-9-11-18(25)4/h8-16,30H,2,7H2,1,3-6H3,(H,29,33). The van der Waals surface area contributed by atoms with Gasteiger partial charge in [0.15, 0.2) is 0 Å². The normalized spacial score (nSPS) is 11.4. The summed E-state index contributed by atoms with van der Waals surface area (Å²) in [5.74, 6) is -0.248. The van der Waals surface area contributed by atoms with E-state index in [0.717, 1.165) is 27.9 Å². The van der Waals surface area contributed by atoms with Crippen LogP contribution in [0.25, 0.3) is 21.2 Å². The summed E-state index contributed by atoms with van der Waals surface area (Å²) in [5.41, 5.74) is 5.51. The molecule has 4 aromatic rings. The molecule has 2 heterocycles. The number of nitrogens with one attached hydrogen (secondary N) is 2. The van der Waals surface area contributed by atoms with Crippen molar-refractivity contribution >= 4 is 54.4 Å². The molecule has 1 amide bonds. The number of anilines is 3. The predicted molar refractivity (Wildman–Crippen MR) is 157 cm³/mol. The van der Waals surface area contributed by atoms with E-state index in [-0.39, 0.29) is 11.5 Å². The minimum atomic E-state index is -3.75. The van der Waals surface area contributed by atoms with Gasteiger partial charge < -0.3 is 14.8 Å². The van der Waals surface area contributed by atoms with Crippen molar-refractivity contribution in [3.63, 3.8) is 0 Å². The van der Waals surface area contributed by atoms with Crippen molar-refractivity contribution in [2.24, 2.45) is 7.05 Å². The van der Waals surface area contributed by atoms with Crippen LogP contribution in [0.3, 0.4) is 0 Å². The van der Waals surface area contributed by atoms with Crippen LogP contribution in [-0.2, 0) is 17.1 Å². The SMILES string of the molecule is C=CS(=O)(=O)Nc1ccc(N(C)c2c(C)cccc2C)c(-c2cn(C)c(=O)c3cc(C(=O)NCC)sc23)c1. The molecular formula is C28H30N4O4S2. The highest BCUT2D eigenvalue weighted by molar-refractivity contribution is 7.95. The summed E-state index contributed by atoms with van der Waals surface area (Å²) in [4.78, 5) is 28.2. The van der Waals surface area contributed by atoms with Crippen LogP contribution in [0.5, 0.6) is 0 Å². The molecule has 0 saturated carbocycles. The molecule has 10 heteroatoms. The number of hydrogen-bond acceptors (Lipinski definition) is 6. The van der Waals surface area contributed by atoms with Gasteiger partial charge in [-0.05, 0) is 56.2 Å². The largest absolute Gasteiger partial charge is 0.352 e. The van der Waals surface area contributed by atoms with Crippen molar-refractivity contribution < 1.29 is 13.2 Å². The van der Waals surface area contributed by atoms with Crippen molar-refractivity contribution in [1.29, 1.82) is 0 Å². The molecule has 0 aliphatic rings. The van der Waals surface area contributed by atoms with Gasteiger partial charge in [0.2, 0.25) is 0 Å². The molecule has 0 fully saturated rings. The van der Waals surface area contributed by atoms with Gasteiger partial charge in [-0.3, -0.25) is 14.3 Å². The molecule has 0 aliphatic heterocycles. The van der Waals surface area contributed by atoms with Gasteiger partial charge in [0.25, 0.3) is 21.5 Å². The first-order chi connectivity index (χ1) is 18.0. The number of benzene rings is 2. The van der Waals surface area contributed by atoms with Crippen molar-refractivity contribution in [3.8, 4) is 11.1 Å². The van der Waals surface area contributed by atoms with E-state index in [4.69, 9.17) is 0 Å². The Morgan fingerprint density at radius 3 is 2.45 bits per heavy atom. The molecule has 0 saturated heterocycles. The molecule has 0 atom stereocenters. The third kappa shape index (κ3) is 5.09. The van der Waals surface area contributed by atoms with Gasteiger partial charge >= 0.3 is 0 Å². The Labute approximate surface area is 226 Å². The molecule has 198 valence electrons. The molecule has 0 aliphatic carbocycles. The van der Waals surface area contributed by atoms with Gasteiger partial charge in [0.1, 0.15) is 0 Å². The third-order valence-electron chi connectivity index (χ3n) is 6.31. The van der Waals surface area contributed by atoms with E-state index in [1.54, 1.807) is 31.4 Å². The quantitative estimate of drug-likeness (QED) is 0.311. The average molecular weight is 551 g/mol. The Balaban J connectivity index is 2.04. The average Bonchev–Trinajstić information content (AvgIpc) is 3.32. The second-order valence-electron chi connectivity index (χ2n) is 9.02. The van der Waals surface area contributed by atoms with Crippen LogP contribution in [-0.4, -0.2) is 32.5 Å². The Kier molecular flexibility index (Phi) is 7.48. The zero-order valence-electron chi connectivity index (χ0n) is 22.0. The molecule has 0 radical (unpaired) electrons. The Morgan fingerprint density at radius 2 is 1.82 bits per heavy atom. The van der Waals surface area contributed by atoms with Gasteiger partial charge in [-0.15, -0.1) is 11.3 Å². The molecule has 4 rings (SSSR count). The lowest BCUT2D eigenvalue weighted by Gasteiger charge is -2.27. The molecule has 0 unspecified atom stereocenters. The number of hydrogen-bond donors (Lipinski definition) is 2. The fourth-order valence-electron chi connectivity index (χ4n) is 4.57. The number of aryl methyl sites for hydroxylation is 3. The molecule has 0 spiro atoms. The molecule has 2 aromatic heterocycles. The number of sulfonamides is 1. The molecule has 2 aromatic carbocycles. The highest BCUT2D eigenvalue weighted by Gasteiger charge is 2.22. The minimum absolute atomic E-state index is 0.219. The number of carbonyl (C=O) groups is 1. The summed E-state index contributed by atoms with van der Waals surface area (Å²) in [6.07, 6.45) is 1.73. The van der Waals surface area contributed by atoms with E-state index in [2.05, 4.69) is 21.5 Å². The summed E-state index contributed by atoms with van der Waals surface area (Å²) in [6, 6.07) is 13.0. The van der Waals surface area contributed by atoms with E-state index >= 15 is 0 Å². The lowest BCUT2D eigenvalue weighted by molar-refractivity contribution is 0.0960. The van der Waals surface area contributed by atoms with Gasteiger partial charge in [0.05, 0.1) is 15.0 Å². The summed E-state index contributed by atoms with van der Waals surface area (Å²) >= 11 is 1.24. The lowest BCUT2D eigenvalue weighted by Crippen LogP contribution is -2.21. The second kappa shape index (κ2) is 10.5. The molecule has 2 N–H and O–H groups in total. The van der Waals surface area contributed by atoms with Crippen molar-refractivity contribution in [1.82, 2.24) is 9.88 Å². The maximum atomic E-state index is 13.1. The van der Waals surface area contributed by atoms with Crippen LogP contribution < -0.4 is 20.5 Å². The number of para-hydroxylation sites is 1. The fourth-order valence-corrected chi connectivity index (χ4v) is 6.20. The fraction of sp³-hybridized carbons (Fsp3) is 0.214. The Hall–Kier alpha value is -3.89. The summed E-state index contributed by atoms with van der Waals surface area (Å²) in [7, 11) is -0.132. The van der Waals surface area contributed by atoms with Gasteiger partial charge in [-0.2, -0.15) is 0 Å². The van der Waals surface area contributed by atoms with Crippen LogP contribution in [0.4, 0.5) is 17.1 Å². The number of thiophene rings is 1. The van der Waals surface area contributed by atoms with Gasteiger partial charge in [-0.1, -0.05) is 24.8 Å². The maximum Gasteiger partial charge on any atom is 0.261 e. The van der Waals surface area contributed by atoms with Gasteiger partial charge in [-0.25, -0.2) is 8.42 Å². The van der Waals surface area contributed by atoms with Crippen LogP contribution in [0.1, 0.15) is 27.7 Å². The molecular weight excluding hydrogens is 520 g/mol. The van der Waals surface area contributed by atoms with Crippen LogP contribution in [0.2, 0.25) is 0 Å².